The summed E-state index contributed by atoms with van der Waals surface area (Å²) in [6.45, 7) is 0.128. The van der Waals surface area contributed by atoms with Crippen molar-refractivity contribution in [2.45, 2.75) is 12.7 Å². The van der Waals surface area contributed by atoms with Gasteiger partial charge in [-0.2, -0.15) is 0 Å². The Bertz CT molecular complexity index is 419. The van der Waals surface area contributed by atoms with Gasteiger partial charge in [0.05, 0.1) is 13.7 Å². The third-order valence-electron chi connectivity index (χ3n) is 2.23. The van der Waals surface area contributed by atoms with Gasteiger partial charge in [0.1, 0.15) is 11.6 Å². The van der Waals surface area contributed by atoms with Gasteiger partial charge in [0.15, 0.2) is 6.10 Å². The molecule has 0 saturated carbocycles. The quantitative estimate of drug-likeness (QED) is 0.811. The Balaban J connectivity index is 3.23. The zero-order valence-electron chi connectivity index (χ0n) is 9.44. The van der Waals surface area contributed by atoms with E-state index in [1.165, 1.54) is 20.3 Å². The number of methoxy groups -OCH3 is 2. The van der Waals surface area contributed by atoms with Gasteiger partial charge in [-0.3, -0.25) is 0 Å². The molecule has 1 aromatic rings. The van der Waals surface area contributed by atoms with Gasteiger partial charge in [0.25, 0.3) is 0 Å². The minimum Gasteiger partial charge on any atom is -0.496 e. The van der Waals surface area contributed by atoms with E-state index in [-0.39, 0.29) is 17.9 Å². The topological polar surface area (TPSA) is 76.0 Å². The maximum Gasteiger partial charge on any atom is 0.337 e. The number of carboxylic acids is 1. The fourth-order valence-electron chi connectivity index (χ4n) is 1.42. The summed E-state index contributed by atoms with van der Waals surface area (Å²) in [5.41, 5.74) is 0.150. The molecule has 0 aromatic heterocycles. The summed E-state index contributed by atoms with van der Waals surface area (Å²) >= 11 is 0. The lowest BCUT2D eigenvalue weighted by Gasteiger charge is -2.13. The number of benzene rings is 1. The number of carboxylic acid groups (broad SMARTS) is 1. The van der Waals surface area contributed by atoms with Gasteiger partial charge >= 0.3 is 5.97 Å². The lowest BCUT2D eigenvalue weighted by molar-refractivity contribution is -0.147. The molecule has 0 aliphatic rings. The van der Waals surface area contributed by atoms with E-state index in [9.17, 15) is 14.3 Å². The minimum absolute atomic E-state index is 0.128. The Morgan fingerprint density at radius 3 is 2.59 bits per heavy atom. The van der Waals surface area contributed by atoms with Gasteiger partial charge in [0, 0.05) is 24.3 Å². The maximum atomic E-state index is 13.5. The van der Waals surface area contributed by atoms with Crippen molar-refractivity contribution >= 4 is 5.97 Å². The van der Waals surface area contributed by atoms with Crippen LogP contribution in [0.1, 0.15) is 17.2 Å². The lowest BCUT2D eigenvalue weighted by atomic mass is 10.0. The van der Waals surface area contributed by atoms with Crippen LogP contribution in [0.5, 0.6) is 5.75 Å². The second-order valence-corrected chi connectivity index (χ2v) is 3.36. The number of ether oxygens (including phenoxy) is 2. The number of carbonyl (C=O) groups is 1. The fourth-order valence-corrected chi connectivity index (χ4v) is 1.42. The molecule has 6 heteroatoms. The molecule has 1 unspecified atom stereocenters. The summed E-state index contributed by atoms with van der Waals surface area (Å²) in [4.78, 5) is 10.6. The first-order valence-electron chi connectivity index (χ1n) is 4.77. The standard InChI is InChI=1S/C11H13FO5/c1-16-5-6-3-7(10(13)11(14)15)8(12)4-9(6)17-2/h3-4,10,13H,5H2,1-2H3,(H,14,15). The van der Waals surface area contributed by atoms with Crippen LogP contribution in [-0.4, -0.2) is 30.4 Å². The maximum absolute atomic E-state index is 13.5. The normalized spacial score (nSPS) is 12.2. The molecule has 17 heavy (non-hydrogen) atoms. The zero-order chi connectivity index (χ0) is 13.0. The summed E-state index contributed by atoms with van der Waals surface area (Å²) < 4.78 is 23.3. The lowest BCUT2D eigenvalue weighted by Crippen LogP contribution is -2.13. The highest BCUT2D eigenvalue weighted by Gasteiger charge is 2.22. The third kappa shape index (κ3) is 2.92. The molecular formula is C11H13FO5. The Morgan fingerprint density at radius 1 is 1.47 bits per heavy atom. The van der Waals surface area contributed by atoms with E-state index in [0.29, 0.717) is 5.56 Å². The largest absolute Gasteiger partial charge is 0.496 e. The predicted octanol–water partition coefficient (Wildman–Crippen LogP) is 1.10. The Kier molecular flexibility index (Phi) is 4.42. The van der Waals surface area contributed by atoms with E-state index >= 15 is 0 Å². The zero-order valence-corrected chi connectivity index (χ0v) is 9.44. The minimum atomic E-state index is -1.91. The Labute approximate surface area is 97.4 Å². The number of hydrogen-bond acceptors (Lipinski definition) is 4. The number of aliphatic hydroxyl groups excluding tert-OH is 1. The van der Waals surface area contributed by atoms with Crippen LogP contribution < -0.4 is 4.74 Å². The SMILES string of the molecule is COCc1cc(C(O)C(=O)O)c(F)cc1OC. The Hall–Kier alpha value is -1.66. The molecule has 94 valence electrons. The van der Waals surface area contributed by atoms with Gasteiger partial charge in [0.2, 0.25) is 0 Å². The van der Waals surface area contributed by atoms with Crippen LogP contribution in [0.3, 0.4) is 0 Å². The predicted molar refractivity (Wildman–Crippen MR) is 56.3 cm³/mol. The molecule has 1 aromatic carbocycles. The summed E-state index contributed by atoms with van der Waals surface area (Å²) in [6.07, 6.45) is -1.91. The molecule has 0 radical (unpaired) electrons. The first-order valence-corrected chi connectivity index (χ1v) is 4.77. The second-order valence-electron chi connectivity index (χ2n) is 3.36. The first-order chi connectivity index (χ1) is 8.01. The van der Waals surface area contributed by atoms with Crippen molar-refractivity contribution in [3.8, 4) is 5.75 Å². The van der Waals surface area contributed by atoms with Crippen molar-refractivity contribution in [1.29, 1.82) is 0 Å². The fraction of sp³-hybridized carbons (Fsp3) is 0.364. The average Bonchev–Trinajstić information content (AvgIpc) is 2.30. The molecule has 0 saturated heterocycles. The average molecular weight is 244 g/mol. The second kappa shape index (κ2) is 5.60. The molecule has 1 atom stereocenters. The number of rotatable bonds is 5. The van der Waals surface area contributed by atoms with Crippen LogP contribution in [-0.2, 0) is 16.1 Å². The molecule has 0 fully saturated rings. The number of aliphatic hydroxyl groups is 1. The first kappa shape index (κ1) is 13.4. The van der Waals surface area contributed by atoms with Crippen molar-refractivity contribution in [3.05, 3.63) is 29.1 Å². The van der Waals surface area contributed by atoms with Gasteiger partial charge < -0.3 is 19.7 Å². The molecular weight excluding hydrogens is 231 g/mol. The van der Waals surface area contributed by atoms with Crippen molar-refractivity contribution in [2.75, 3.05) is 14.2 Å². The van der Waals surface area contributed by atoms with Crippen LogP contribution in [0, 0.1) is 5.82 Å². The van der Waals surface area contributed by atoms with Gasteiger partial charge in [-0.25, -0.2) is 9.18 Å². The van der Waals surface area contributed by atoms with Crippen LogP contribution in [0.4, 0.5) is 4.39 Å². The molecule has 0 bridgehead atoms. The van der Waals surface area contributed by atoms with E-state index in [1.54, 1.807) is 0 Å². The molecule has 1 rings (SSSR count). The number of hydrogen-bond donors (Lipinski definition) is 2. The highest BCUT2D eigenvalue weighted by molar-refractivity contribution is 5.74. The van der Waals surface area contributed by atoms with Crippen LogP contribution in [0.25, 0.3) is 0 Å². The molecule has 0 amide bonds. The summed E-state index contributed by atoms with van der Waals surface area (Å²) in [6, 6.07) is 2.24. The smallest absolute Gasteiger partial charge is 0.337 e. The molecule has 0 spiro atoms. The summed E-state index contributed by atoms with van der Waals surface area (Å²) in [7, 11) is 2.80. The van der Waals surface area contributed by atoms with Crippen molar-refractivity contribution in [1.82, 2.24) is 0 Å². The van der Waals surface area contributed by atoms with Crippen molar-refractivity contribution in [3.63, 3.8) is 0 Å². The van der Waals surface area contributed by atoms with E-state index < -0.39 is 17.9 Å². The highest BCUT2D eigenvalue weighted by Crippen LogP contribution is 2.27. The third-order valence-corrected chi connectivity index (χ3v) is 2.23. The van der Waals surface area contributed by atoms with E-state index in [2.05, 4.69) is 0 Å². The number of halogens is 1. The van der Waals surface area contributed by atoms with Crippen LogP contribution >= 0.6 is 0 Å². The molecule has 0 aliphatic carbocycles. The molecule has 0 heterocycles. The van der Waals surface area contributed by atoms with Gasteiger partial charge in [-0.1, -0.05) is 0 Å². The van der Waals surface area contributed by atoms with E-state index in [0.717, 1.165) is 6.07 Å². The summed E-state index contributed by atoms with van der Waals surface area (Å²) in [5.74, 6) is -2.11. The Morgan fingerprint density at radius 2 is 2.12 bits per heavy atom. The van der Waals surface area contributed by atoms with Crippen LogP contribution in [0.15, 0.2) is 12.1 Å². The van der Waals surface area contributed by atoms with Gasteiger partial charge in [-0.15, -0.1) is 0 Å². The van der Waals surface area contributed by atoms with E-state index in [4.69, 9.17) is 14.6 Å². The molecule has 5 nitrogen and oxygen atoms in total. The van der Waals surface area contributed by atoms with Gasteiger partial charge in [-0.05, 0) is 6.07 Å². The monoisotopic (exact) mass is 244 g/mol. The van der Waals surface area contributed by atoms with Crippen molar-refractivity contribution in [2.24, 2.45) is 0 Å². The molecule has 2 N–H and O–H groups in total. The van der Waals surface area contributed by atoms with Crippen LogP contribution in [0.2, 0.25) is 0 Å². The molecule has 0 aliphatic heterocycles. The van der Waals surface area contributed by atoms with Crippen molar-refractivity contribution < 1.29 is 28.9 Å². The summed E-state index contributed by atoms with van der Waals surface area (Å²) in [5, 5.41) is 17.9. The highest BCUT2D eigenvalue weighted by atomic mass is 19.1. The van der Waals surface area contributed by atoms with E-state index in [1.807, 2.05) is 0 Å². The number of aliphatic carboxylic acids is 1.